The molecule has 2 N–H and O–H groups in total. The van der Waals surface area contributed by atoms with Gasteiger partial charge in [0.1, 0.15) is 4.88 Å². The number of carbonyl (C=O) groups excluding carboxylic acids is 2. The van der Waals surface area contributed by atoms with Crippen molar-refractivity contribution in [1.29, 1.82) is 0 Å². The number of thiophene rings is 1. The molecule has 1 aromatic rings. The van der Waals surface area contributed by atoms with Gasteiger partial charge in [-0.15, -0.1) is 11.3 Å². The lowest BCUT2D eigenvalue weighted by molar-refractivity contribution is -0.146. The number of esters is 1. The van der Waals surface area contributed by atoms with Crippen LogP contribution in [0, 0.1) is 23.7 Å². The van der Waals surface area contributed by atoms with Crippen molar-refractivity contribution in [3.05, 3.63) is 21.9 Å². The molecule has 1 fully saturated rings. The van der Waals surface area contributed by atoms with Crippen molar-refractivity contribution < 1.29 is 14.3 Å². The topological polar surface area (TPSA) is 72.6 Å². The fourth-order valence-corrected chi connectivity index (χ4v) is 3.27. The molecule has 1 aliphatic heterocycles. The summed E-state index contributed by atoms with van der Waals surface area (Å²) in [5, 5.41) is 1.84. The highest BCUT2D eigenvalue weighted by Gasteiger charge is 2.38. The van der Waals surface area contributed by atoms with E-state index in [1.54, 1.807) is 4.90 Å². The van der Waals surface area contributed by atoms with Crippen LogP contribution in [0.25, 0.3) is 0 Å². The Balaban J connectivity index is 2.15. The normalized spacial score (nSPS) is 20.8. The first-order valence-electron chi connectivity index (χ1n) is 6.72. The summed E-state index contributed by atoms with van der Waals surface area (Å²) in [4.78, 5) is 26.6. The number of methoxy groups -OCH3 is 1. The molecule has 2 unspecified atom stereocenters. The predicted molar refractivity (Wildman–Crippen MR) is 80.8 cm³/mol. The number of rotatable bonds is 2. The Kier molecular flexibility index (Phi) is 4.99. The molecule has 0 radical (unpaired) electrons. The zero-order valence-electron chi connectivity index (χ0n) is 12.1. The Hall–Kier alpha value is -1.84. The van der Waals surface area contributed by atoms with Crippen LogP contribution in [0.1, 0.15) is 22.2 Å². The Morgan fingerprint density at radius 2 is 2.29 bits per heavy atom. The summed E-state index contributed by atoms with van der Waals surface area (Å²) < 4.78 is 4.79. The van der Waals surface area contributed by atoms with Crippen LogP contribution in [0.3, 0.4) is 0 Å². The molecule has 2 rings (SSSR count). The molecule has 21 heavy (non-hydrogen) atoms. The monoisotopic (exact) mass is 306 g/mol. The van der Waals surface area contributed by atoms with Crippen molar-refractivity contribution in [3.8, 4) is 11.8 Å². The van der Waals surface area contributed by atoms with Gasteiger partial charge in [0, 0.05) is 18.7 Å². The summed E-state index contributed by atoms with van der Waals surface area (Å²) in [6.45, 7) is 3.17. The van der Waals surface area contributed by atoms with E-state index in [4.69, 9.17) is 10.5 Å². The number of nitrogens with zero attached hydrogens (tertiary/aromatic N) is 1. The third kappa shape index (κ3) is 3.26. The van der Waals surface area contributed by atoms with Gasteiger partial charge in [-0.05, 0) is 17.4 Å². The summed E-state index contributed by atoms with van der Waals surface area (Å²) in [5.74, 6) is 5.18. The number of hydrogen-bond donors (Lipinski definition) is 1. The number of nitrogens with two attached hydrogens (primary N) is 1. The molecule has 1 saturated heterocycles. The molecule has 6 heteroatoms. The summed E-state index contributed by atoms with van der Waals surface area (Å²) in [5.41, 5.74) is 6.06. The molecular formula is C15H18N2O3S. The highest BCUT2D eigenvalue weighted by molar-refractivity contribution is 7.12. The third-order valence-corrected chi connectivity index (χ3v) is 4.49. The Bertz CT molecular complexity index is 600. The first kappa shape index (κ1) is 15.5. The van der Waals surface area contributed by atoms with Gasteiger partial charge in [-0.2, -0.15) is 0 Å². The highest BCUT2D eigenvalue weighted by Crippen LogP contribution is 2.27. The molecule has 0 bridgehead atoms. The molecule has 5 nitrogen and oxygen atoms in total. The molecule has 1 aromatic heterocycles. The van der Waals surface area contributed by atoms with E-state index in [0.717, 1.165) is 0 Å². The quantitative estimate of drug-likeness (QED) is 0.652. The fourth-order valence-electron chi connectivity index (χ4n) is 2.45. The van der Waals surface area contributed by atoms with Crippen LogP contribution in [-0.2, 0) is 9.53 Å². The average molecular weight is 306 g/mol. The molecule has 0 spiro atoms. The van der Waals surface area contributed by atoms with E-state index >= 15 is 0 Å². The number of amides is 1. The maximum Gasteiger partial charge on any atom is 0.310 e. The maximum atomic E-state index is 12.6. The molecule has 0 aromatic carbocycles. The van der Waals surface area contributed by atoms with Crippen molar-refractivity contribution in [3.63, 3.8) is 0 Å². The number of carbonyl (C=O) groups is 2. The van der Waals surface area contributed by atoms with E-state index in [0.29, 0.717) is 23.5 Å². The summed E-state index contributed by atoms with van der Waals surface area (Å²) in [6, 6.07) is 1.82. The fraction of sp³-hybridized carbons (Fsp3) is 0.467. The Labute approximate surface area is 128 Å². The van der Waals surface area contributed by atoms with Crippen molar-refractivity contribution in [2.75, 3.05) is 26.7 Å². The Morgan fingerprint density at radius 3 is 2.95 bits per heavy atom. The van der Waals surface area contributed by atoms with Crippen molar-refractivity contribution in [1.82, 2.24) is 4.90 Å². The zero-order valence-corrected chi connectivity index (χ0v) is 12.9. The van der Waals surface area contributed by atoms with E-state index < -0.39 is 0 Å². The molecule has 0 aliphatic carbocycles. The van der Waals surface area contributed by atoms with E-state index in [-0.39, 0.29) is 30.3 Å². The number of ether oxygens (including phenoxy) is 1. The lowest BCUT2D eigenvalue weighted by atomic mass is 9.99. The SMILES string of the molecule is COC(=O)C1CN(C(=O)c2sccc2C#CCN)CC1C. The number of hydrogen-bond acceptors (Lipinski definition) is 5. The summed E-state index contributed by atoms with van der Waals surface area (Å²) in [7, 11) is 1.37. The standard InChI is InChI=1S/C15H18N2O3S/c1-10-8-17(9-12(10)15(19)20-2)14(18)13-11(4-3-6-16)5-7-21-13/h5,7,10,12H,6,8-9,16H2,1-2H3. The van der Waals surface area contributed by atoms with Crippen LogP contribution in [-0.4, -0.2) is 43.5 Å². The smallest absolute Gasteiger partial charge is 0.310 e. The lowest BCUT2D eigenvalue weighted by Crippen LogP contribution is -2.30. The maximum absolute atomic E-state index is 12.6. The van der Waals surface area contributed by atoms with E-state index in [2.05, 4.69) is 11.8 Å². The molecule has 1 aliphatic rings. The van der Waals surface area contributed by atoms with Gasteiger partial charge in [-0.1, -0.05) is 18.8 Å². The van der Waals surface area contributed by atoms with Gasteiger partial charge < -0.3 is 15.4 Å². The second kappa shape index (κ2) is 6.74. The molecule has 0 saturated carbocycles. The molecule has 112 valence electrons. The van der Waals surface area contributed by atoms with Crippen molar-refractivity contribution in [2.24, 2.45) is 17.6 Å². The predicted octanol–water partition coefficient (Wildman–Crippen LogP) is 0.939. The van der Waals surface area contributed by atoms with Crippen LogP contribution in [0.4, 0.5) is 0 Å². The van der Waals surface area contributed by atoms with Gasteiger partial charge in [0.2, 0.25) is 0 Å². The van der Waals surface area contributed by atoms with Gasteiger partial charge in [0.15, 0.2) is 0 Å². The van der Waals surface area contributed by atoms with E-state index in [1.165, 1.54) is 18.4 Å². The van der Waals surface area contributed by atoms with Crippen molar-refractivity contribution in [2.45, 2.75) is 6.92 Å². The van der Waals surface area contributed by atoms with Gasteiger partial charge in [-0.3, -0.25) is 9.59 Å². The second-order valence-electron chi connectivity index (χ2n) is 4.99. The highest BCUT2D eigenvalue weighted by atomic mass is 32.1. The minimum Gasteiger partial charge on any atom is -0.469 e. The van der Waals surface area contributed by atoms with E-state index in [1.807, 2.05) is 18.4 Å². The summed E-state index contributed by atoms with van der Waals surface area (Å²) >= 11 is 1.36. The average Bonchev–Trinajstić information content (AvgIpc) is 3.10. The minimum atomic E-state index is -0.257. The zero-order chi connectivity index (χ0) is 15.4. The minimum absolute atomic E-state index is 0.0791. The third-order valence-electron chi connectivity index (χ3n) is 3.59. The van der Waals surface area contributed by atoms with Gasteiger partial charge in [0.25, 0.3) is 5.91 Å². The first-order valence-corrected chi connectivity index (χ1v) is 7.60. The van der Waals surface area contributed by atoms with Crippen LogP contribution in [0.5, 0.6) is 0 Å². The van der Waals surface area contributed by atoms with E-state index in [9.17, 15) is 9.59 Å². The molecule has 2 atom stereocenters. The first-order chi connectivity index (χ1) is 10.1. The summed E-state index contributed by atoms with van der Waals surface area (Å²) in [6.07, 6.45) is 0. The van der Waals surface area contributed by atoms with Gasteiger partial charge in [0.05, 0.1) is 19.6 Å². The molecule has 1 amide bonds. The van der Waals surface area contributed by atoms with Crippen LogP contribution in [0.2, 0.25) is 0 Å². The van der Waals surface area contributed by atoms with Gasteiger partial charge in [-0.25, -0.2) is 0 Å². The lowest BCUT2D eigenvalue weighted by Gasteiger charge is -2.15. The van der Waals surface area contributed by atoms with Crippen LogP contribution >= 0.6 is 11.3 Å². The van der Waals surface area contributed by atoms with Crippen molar-refractivity contribution >= 4 is 23.2 Å². The van der Waals surface area contributed by atoms with Crippen LogP contribution < -0.4 is 5.73 Å². The second-order valence-corrected chi connectivity index (χ2v) is 5.90. The van der Waals surface area contributed by atoms with Crippen LogP contribution in [0.15, 0.2) is 11.4 Å². The molecule has 2 heterocycles. The Morgan fingerprint density at radius 1 is 1.52 bits per heavy atom. The largest absolute Gasteiger partial charge is 0.469 e. The van der Waals surface area contributed by atoms with Gasteiger partial charge >= 0.3 is 5.97 Å². The molecular weight excluding hydrogens is 288 g/mol. The number of likely N-dealkylation sites (tertiary alicyclic amines) is 1.